The van der Waals surface area contributed by atoms with Gasteiger partial charge in [-0.2, -0.15) is 0 Å². The lowest BCUT2D eigenvalue weighted by molar-refractivity contribution is 0.0393. The van der Waals surface area contributed by atoms with Gasteiger partial charge in [0.2, 0.25) is 0 Å². The zero-order valence-corrected chi connectivity index (χ0v) is 24.4. The molecule has 0 saturated heterocycles. The van der Waals surface area contributed by atoms with Crippen molar-refractivity contribution in [3.8, 4) is 45.6 Å². The Morgan fingerprint density at radius 1 is 0.651 bits per heavy atom. The van der Waals surface area contributed by atoms with E-state index < -0.39 is 34.3 Å². The number of rotatable bonds is 3. The number of hydrogen-bond acceptors (Lipinski definition) is 10. The van der Waals surface area contributed by atoms with Crippen molar-refractivity contribution in [2.75, 3.05) is 14.2 Å². The van der Waals surface area contributed by atoms with Crippen LogP contribution in [0.3, 0.4) is 0 Å². The molecule has 2 aliphatic rings. The monoisotopic (exact) mass is 588 g/mol. The van der Waals surface area contributed by atoms with Crippen molar-refractivity contribution in [3.05, 3.63) is 46.0 Å². The minimum atomic E-state index is -1.51. The van der Waals surface area contributed by atoms with Gasteiger partial charge in [0.25, 0.3) is 0 Å². The first-order valence-electron chi connectivity index (χ1n) is 13.8. The third-order valence-electron chi connectivity index (χ3n) is 8.75. The molecule has 0 amide bonds. The molecule has 6 N–H and O–H groups in total. The van der Waals surface area contributed by atoms with Crippen molar-refractivity contribution in [2.24, 2.45) is 0 Å². The average molecular weight is 589 g/mol. The molecule has 0 aromatic heterocycles. The first-order valence-corrected chi connectivity index (χ1v) is 13.8. The van der Waals surface area contributed by atoms with Crippen LogP contribution in [-0.4, -0.2) is 67.6 Å². The summed E-state index contributed by atoms with van der Waals surface area (Å²) in [4.78, 5) is 27.1. The number of carbonyl (C=O) groups is 2. The van der Waals surface area contributed by atoms with Gasteiger partial charge in [-0.3, -0.25) is 9.59 Å². The molecule has 0 radical (unpaired) electrons. The molecule has 10 heteroatoms. The van der Waals surface area contributed by atoms with E-state index in [2.05, 4.69) is 0 Å². The van der Waals surface area contributed by atoms with Crippen molar-refractivity contribution >= 4 is 33.1 Å². The summed E-state index contributed by atoms with van der Waals surface area (Å²) in [6.45, 7) is 4.59. The van der Waals surface area contributed by atoms with Crippen LogP contribution in [0.15, 0.2) is 18.2 Å². The number of phenolic OH excluding ortho intramolecular Hbond substituents is 4. The summed E-state index contributed by atoms with van der Waals surface area (Å²) in [6, 6.07) is 4.43. The van der Waals surface area contributed by atoms with Gasteiger partial charge in [-0.15, -0.1) is 0 Å². The summed E-state index contributed by atoms with van der Waals surface area (Å²) < 4.78 is 11.0. The van der Waals surface area contributed by atoms with E-state index in [4.69, 9.17) is 9.47 Å². The largest absolute Gasteiger partial charge is 0.507 e. The van der Waals surface area contributed by atoms with Crippen molar-refractivity contribution in [3.63, 3.8) is 0 Å². The number of hydrogen-bond donors (Lipinski definition) is 6. The molecule has 4 aromatic rings. The highest BCUT2D eigenvalue weighted by molar-refractivity contribution is 6.21. The standard InChI is InChI=1S/C33H32O10/c1-13-22(43-5)8-16-24(18-10-33(3,41)12-21(36)27(18)31(39)28(16)29(13)37)23-15-6-14(42-4)7-19(34)25(15)30(38)26-17(23)9-32(2,40)11-20(26)35/h6-8,34,37-41H,9-12H2,1-5H3/t32-,33-/m0/s1. The number of aromatic hydroxyl groups is 4. The van der Waals surface area contributed by atoms with E-state index in [-0.39, 0.29) is 104 Å². The number of methoxy groups -OCH3 is 2. The molecule has 0 unspecified atom stereocenters. The van der Waals surface area contributed by atoms with Gasteiger partial charge >= 0.3 is 0 Å². The second kappa shape index (κ2) is 9.23. The third-order valence-corrected chi connectivity index (χ3v) is 8.75. The van der Waals surface area contributed by atoms with E-state index >= 15 is 0 Å². The summed E-state index contributed by atoms with van der Waals surface area (Å²) >= 11 is 0. The van der Waals surface area contributed by atoms with E-state index in [9.17, 15) is 40.2 Å². The van der Waals surface area contributed by atoms with Crippen molar-refractivity contribution < 1.29 is 49.7 Å². The number of fused-ring (bicyclic) bond motifs is 4. The normalized spacial score (nSPS) is 21.7. The SMILES string of the molecule is COc1cc(O)c2c(O)c3c(c(-c4c5c(c(O)c6c(O)c(C)c(OC)cc46)C(=O)C[C@@](C)(O)C5)c2c1)C[C@](C)(O)CC3=O. The molecule has 0 spiro atoms. The number of carbonyl (C=O) groups excluding carboxylic acids is 2. The first kappa shape index (κ1) is 28.6. The van der Waals surface area contributed by atoms with Gasteiger partial charge < -0.3 is 40.1 Å². The quantitative estimate of drug-likeness (QED) is 0.199. The minimum absolute atomic E-state index is 0.0436. The fourth-order valence-corrected chi connectivity index (χ4v) is 6.95. The van der Waals surface area contributed by atoms with Crippen LogP contribution in [0.1, 0.15) is 64.1 Å². The Labute approximate surface area is 246 Å². The molecular weight excluding hydrogens is 556 g/mol. The van der Waals surface area contributed by atoms with Gasteiger partial charge in [-0.05, 0) is 55.2 Å². The summed E-state index contributed by atoms with van der Waals surface area (Å²) in [7, 11) is 2.81. The molecule has 6 rings (SSSR count). The zero-order valence-electron chi connectivity index (χ0n) is 24.4. The highest BCUT2D eigenvalue weighted by Crippen LogP contribution is 2.56. The molecule has 2 atom stereocenters. The van der Waals surface area contributed by atoms with Gasteiger partial charge in [0, 0.05) is 48.1 Å². The zero-order chi connectivity index (χ0) is 31.3. The summed E-state index contributed by atoms with van der Waals surface area (Å²) in [6.07, 6.45) is -0.766. The van der Waals surface area contributed by atoms with E-state index in [1.807, 2.05) is 0 Å². The van der Waals surface area contributed by atoms with Crippen LogP contribution in [0.5, 0.6) is 34.5 Å². The molecule has 4 aromatic carbocycles. The van der Waals surface area contributed by atoms with Crippen LogP contribution in [0.2, 0.25) is 0 Å². The summed E-state index contributed by atoms with van der Waals surface area (Å²) in [5.41, 5.74) is -1.89. The smallest absolute Gasteiger partial charge is 0.169 e. The van der Waals surface area contributed by atoms with Crippen LogP contribution >= 0.6 is 0 Å². The fourth-order valence-electron chi connectivity index (χ4n) is 6.95. The van der Waals surface area contributed by atoms with Crippen molar-refractivity contribution in [2.45, 2.75) is 57.7 Å². The van der Waals surface area contributed by atoms with Gasteiger partial charge in [-0.1, -0.05) is 0 Å². The lowest BCUT2D eigenvalue weighted by atomic mass is 9.71. The number of ketones is 2. The molecule has 0 saturated carbocycles. The fraction of sp³-hybridized carbons (Fsp3) is 0.333. The molecule has 10 nitrogen and oxygen atoms in total. The third kappa shape index (κ3) is 4.08. The Bertz CT molecular complexity index is 1930. The molecule has 0 fully saturated rings. The molecule has 224 valence electrons. The molecular formula is C33H32O10. The second-order valence-corrected chi connectivity index (χ2v) is 12.2. The Morgan fingerprint density at radius 2 is 1.14 bits per heavy atom. The van der Waals surface area contributed by atoms with Crippen LogP contribution < -0.4 is 9.47 Å². The summed E-state index contributed by atoms with van der Waals surface area (Å²) in [5, 5.41) is 68.2. The highest BCUT2D eigenvalue weighted by atomic mass is 16.5. The lowest BCUT2D eigenvalue weighted by Crippen LogP contribution is -2.37. The molecule has 0 bridgehead atoms. The maximum absolute atomic E-state index is 13.6. The predicted octanol–water partition coefficient (Wildman–Crippen LogP) is 4.57. The van der Waals surface area contributed by atoms with Gasteiger partial charge in [0.15, 0.2) is 11.6 Å². The molecule has 43 heavy (non-hydrogen) atoms. The lowest BCUT2D eigenvalue weighted by Gasteiger charge is -2.35. The number of ether oxygens (including phenoxy) is 2. The van der Waals surface area contributed by atoms with Crippen LogP contribution in [0.25, 0.3) is 32.7 Å². The van der Waals surface area contributed by atoms with Gasteiger partial charge in [0.1, 0.15) is 34.5 Å². The van der Waals surface area contributed by atoms with E-state index in [1.54, 1.807) is 19.1 Å². The number of Topliss-reactive ketones (excluding diaryl/α,β-unsaturated/α-hetero) is 2. The van der Waals surface area contributed by atoms with Crippen LogP contribution in [-0.2, 0) is 12.8 Å². The number of aliphatic hydroxyl groups is 2. The average Bonchev–Trinajstić information content (AvgIpc) is 2.89. The summed E-state index contributed by atoms with van der Waals surface area (Å²) in [5.74, 6) is -2.27. The Morgan fingerprint density at radius 3 is 1.63 bits per heavy atom. The number of phenols is 4. The van der Waals surface area contributed by atoms with Crippen molar-refractivity contribution in [1.29, 1.82) is 0 Å². The second-order valence-electron chi connectivity index (χ2n) is 12.2. The van der Waals surface area contributed by atoms with Gasteiger partial charge in [0.05, 0.1) is 47.3 Å². The van der Waals surface area contributed by atoms with Crippen molar-refractivity contribution in [1.82, 2.24) is 0 Å². The Kier molecular flexibility index (Phi) is 6.13. The predicted molar refractivity (Wildman–Crippen MR) is 158 cm³/mol. The van der Waals surface area contributed by atoms with Crippen LogP contribution in [0.4, 0.5) is 0 Å². The van der Waals surface area contributed by atoms with E-state index in [0.29, 0.717) is 5.56 Å². The first-order chi connectivity index (χ1) is 20.1. The van der Waals surface area contributed by atoms with E-state index in [0.717, 1.165) is 0 Å². The Balaban J connectivity index is 1.97. The minimum Gasteiger partial charge on any atom is -0.507 e. The molecule has 0 heterocycles. The topological polar surface area (TPSA) is 174 Å². The maximum atomic E-state index is 13.6. The van der Waals surface area contributed by atoms with Crippen LogP contribution in [0, 0.1) is 6.92 Å². The molecule has 0 aliphatic heterocycles. The van der Waals surface area contributed by atoms with Gasteiger partial charge in [-0.25, -0.2) is 0 Å². The molecule has 2 aliphatic carbocycles. The number of benzene rings is 4. The Hall–Kier alpha value is -4.54. The highest BCUT2D eigenvalue weighted by Gasteiger charge is 2.42. The maximum Gasteiger partial charge on any atom is 0.169 e. The van der Waals surface area contributed by atoms with E-state index in [1.165, 1.54) is 34.1 Å².